The zero-order chi connectivity index (χ0) is 10.4. The van der Waals surface area contributed by atoms with E-state index >= 15 is 0 Å². The Morgan fingerprint density at radius 1 is 1.50 bits per heavy atom. The number of aliphatic hydroxyl groups is 1. The molecule has 1 fully saturated rings. The summed E-state index contributed by atoms with van der Waals surface area (Å²) in [5.41, 5.74) is 0. The van der Waals surface area contributed by atoms with Gasteiger partial charge in [0.2, 0.25) is 5.91 Å². The van der Waals surface area contributed by atoms with Gasteiger partial charge in [-0.25, -0.2) is 0 Å². The highest BCUT2D eigenvalue weighted by molar-refractivity contribution is 5.76. The molecule has 0 atom stereocenters. The zero-order valence-corrected chi connectivity index (χ0v) is 8.74. The van der Waals surface area contributed by atoms with Crippen molar-refractivity contribution >= 4 is 5.91 Å². The van der Waals surface area contributed by atoms with Gasteiger partial charge in [-0.05, 0) is 18.8 Å². The molecule has 1 aliphatic heterocycles. The molecule has 1 amide bonds. The number of nitrogens with zero attached hydrogens (tertiary/aromatic N) is 1. The van der Waals surface area contributed by atoms with E-state index in [4.69, 9.17) is 9.84 Å². The first-order valence-electron chi connectivity index (χ1n) is 5.16. The van der Waals surface area contributed by atoms with Crippen molar-refractivity contribution in [3.05, 3.63) is 0 Å². The first-order chi connectivity index (χ1) is 6.74. The van der Waals surface area contributed by atoms with Crippen molar-refractivity contribution in [2.24, 2.45) is 5.92 Å². The Balaban J connectivity index is 2.24. The number of amides is 1. The van der Waals surface area contributed by atoms with Gasteiger partial charge >= 0.3 is 0 Å². The molecule has 4 nitrogen and oxygen atoms in total. The standard InChI is InChI=1S/C10H19NO3/c1-11(4-5-12)10(13)8-9-2-6-14-7-3-9/h9,12H,2-8H2,1H3. The summed E-state index contributed by atoms with van der Waals surface area (Å²) in [6, 6.07) is 0. The van der Waals surface area contributed by atoms with Crippen LogP contribution in [-0.2, 0) is 9.53 Å². The number of aliphatic hydroxyl groups excluding tert-OH is 1. The first-order valence-corrected chi connectivity index (χ1v) is 5.16. The van der Waals surface area contributed by atoms with Crippen molar-refractivity contribution < 1.29 is 14.6 Å². The Labute approximate surface area is 84.8 Å². The van der Waals surface area contributed by atoms with Gasteiger partial charge in [0.05, 0.1) is 6.61 Å². The molecule has 82 valence electrons. The van der Waals surface area contributed by atoms with Crippen LogP contribution in [-0.4, -0.2) is 49.3 Å². The monoisotopic (exact) mass is 201 g/mol. The average Bonchev–Trinajstić information content (AvgIpc) is 2.19. The molecule has 0 radical (unpaired) electrons. The van der Waals surface area contributed by atoms with Crippen LogP contribution in [0.4, 0.5) is 0 Å². The van der Waals surface area contributed by atoms with E-state index in [1.54, 1.807) is 11.9 Å². The maximum Gasteiger partial charge on any atom is 0.222 e. The Kier molecular flexibility index (Phi) is 4.90. The molecule has 0 bridgehead atoms. The largest absolute Gasteiger partial charge is 0.395 e. The van der Waals surface area contributed by atoms with Crippen LogP contribution < -0.4 is 0 Å². The minimum Gasteiger partial charge on any atom is -0.395 e. The van der Waals surface area contributed by atoms with Gasteiger partial charge in [-0.2, -0.15) is 0 Å². The van der Waals surface area contributed by atoms with E-state index in [1.165, 1.54) is 0 Å². The van der Waals surface area contributed by atoms with Crippen LogP contribution in [0.25, 0.3) is 0 Å². The molecule has 1 saturated heterocycles. The van der Waals surface area contributed by atoms with Crippen molar-refractivity contribution in [2.75, 3.05) is 33.4 Å². The summed E-state index contributed by atoms with van der Waals surface area (Å²) in [4.78, 5) is 13.2. The molecule has 1 N–H and O–H groups in total. The average molecular weight is 201 g/mol. The Morgan fingerprint density at radius 2 is 2.14 bits per heavy atom. The molecule has 0 aromatic carbocycles. The van der Waals surface area contributed by atoms with Crippen LogP contribution in [0.3, 0.4) is 0 Å². The number of hydrogen-bond donors (Lipinski definition) is 1. The molecule has 1 rings (SSSR count). The van der Waals surface area contributed by atoms with Gasteiger partial charge < -0.3 is 14.7 Å². The first kappa shape index (κ1) is 11.5. The van der Waals surface area contributed by atoms with Crippen molar-refractivity contribution in [3.8, 4) is 0 Å². The summed E-state index contributed by atoms with van der Waals surface area (Å²) in [5.74, 6) is 0.600. The fourth-order valence-corrected chi connectivity index (χ4v) is 1.63. The number of carbonyl (C=O) groups is 1. The highest BCUT2D eigenvalue weighted by Crippen LogP contribution is 2.18. The molecule has 0 saturated carbocycles. The maximum absolute atomic E-state index is 11.6. The van der Waals surface area contributed by atoms with E-state index in [1.807, 2.05) is 0 Å². The summed E-state index contributed by atoms with van der Waals surface area (Å²) < 4.78 is 5.22. The second kappa shape index (κ2) is 5.98. The van der Waals surface area contributed by atoms with Gasteiger partial charge in [0.1, 0.15) is 0 Å². The lowest BCUT2D eigenvalue weighted by molar-refractivity contribution is -0.132. The smallest absolute Gasteiger partial charge is 0.222 e. The molecule has 0 aliphatic carbocycles. The van der Waals surface area contributed by atoms with E-state index in [-0.39, 0.29) is 12.5 Å². The van der Waals surface area contributed by atoms with E-state index in [0.717, 1.165) is 26.1 Å². The highest BCUT2D eigenvalue weighted by Gasteiger charge is 2.19. The molecule has 1 aliphatic rings. The second-order valence-electron chi connectivity index (χ2n) is 3.80. The molecule has 1 heterocycles. The summed E-state index contributed by atoms with van der Waals surface area (Å²) in [5, 5.41) is 8.68. The van der Waals surface area contributed by atoms with Crippen LogP contribution in [0.5, 0.6) is 0 Å². The number of likely N-dealkylation sites (N-methyl/N-ethyl adjacent to an activating group) is 1. The predicted molar refractivity (Wildman–Crippen MR) is 52.9 cm³/mol. The summed E-state index contributed by atoms with van der Waals surface area (Å²) in [6.45, 7) is 2.03. The highest BCUT2D eigenvalue weighted by atomic mass is 16.5. The van der Waals surface area contributed by atoms with Gasteiger partial charge in [-0.1, -0.05) is 0 Å². The molecule has 0 aromatic rings. The summed E-state index contributed by atoms with van der Waals surface area (Å²) >= 11 is 0. The van der Waals surface area contributed by atoms with Crippen LogP contribution in [0, 0.1) is 5.92 Å². The third-order valence-electron chi connectivity index (χ3n) is 2.67. The number of hydrogen-bond acceptors (Lipinski definition) is 3. The third kappa shape index (κ3) is 3.64. The van der Waals surface area contributed by atoms with Crippen LogP contribution in [0.15, 0.2) is 0 Å². The Bertz CT molecular complexity index is 178. The van der Waals surface area contributed by atoms with Crippen LogP contribution in [0.2, 0.25) is 0 Å². The number of ether oxygens (including phenoxy) is 1. The minimum absolute atomic E-state index is 0.0377. The van der Waals surface area contributed by atoms with E-state index in [0.29, 0.717) is 18.9 Å². The summed E-state index contributed by atoms with van der Waals surface area (Å²) in [6.07, 6.45) is 2.57. The lowest BCUT2D eigenvalue weighted by atomic mass is 9.96. The van der Waals surface area contributed by atoms with Gasteiger partial charge in [-0.15, -0.1) is 0 Å². The van der Waals surface area contributed by atoms with Crippen molar-refractivity contribution in [3.63, 3.8) is 0 Å². The Morgan fingerprint density at radius 3 is 2.71 bits per heavy atom. The van der Waals surface area contributed by atoms with Gasteiger partial charge in [-0.3, -0.25) is 4.79 Å². The quantitative estimate of drug-likeness (QED) is 0.709. The van der Waals surface area contributed by atoms with E-state index in [9.17, 15) is 4.79 Å². The maximum atomic E-state index is 11.6. The Hall–Kier alpha value is -0.610. The number of carbonyl (C=O) groups excluding carboxylic acids is 1. The van der Waals surface area contributed by atoms with E-state index in [2.05, 4.69) is 0 Å². The molecule has 14 heavy (non-hydrogen) atoms. The van der Waals surface area contributed by atoms with Crippen molar-refractivity contribution in [1.29, 1.82) is 0 Å². The van der Waals surface area contributed by atoms with Crippen LogP contribution >= 0.6 is 0 Å². The van der Waals surface area contributed by atoms with Gasteiger partial charge in [0.25, 0.3) is 0 Å². The lowest BCUT2D eigenvalue weighted by Gasteiger charge is -2.24. The van der Waals surface area contributed by atoms with Gasteiger partial charge in [0.15, 0.2) is 0 Å². The SMILES string of the molecule is CN(CCO)C(=O)CC1CCOCC1. The zero-order valence-electron chi connectivity index (χ0n) is 8.74. The summed E-state index contributed by atoms with van der Waals surface area (Å²) in [7, 11) is 1.73. The van der Waals surface area contributed by atoms with Crippen LogP contribution in [0.1, 0.15) is 19.3 Å². The fourth-order valence-electron chi connectivity index (χ4n) is 1.63. The normalized spacial score (nSPS) is 18.1. The third-order valence-corrected chi connectivity index (χ3v) is 2.67. The molecule has 0 spiro atoms. The second-order valence-corrected chi connectivity index (χ2v) is 3.80. The van der Waals surface area contributed by atoms with Gasteiger partial charge in [0, 0.05) is 33.2 Å². The molecule has 0 unspecified atom stereocenters. The molecule has 4 heteroatoms. The predicted octanol–water partition coefficient (Wildman–Crippen LogP) is 0.254. The lowest BCUT2D eigenvalue weighted by Crippen LogP contribution is -2.32. The van der Waals surface area contributed by atoms with Crippen molar-refractivity contribution in [1.82, 2.24) is 4.90 Å². The van der Waals surface area contributed by atoms with E-state index < -0.39 is 0 Å². The molecule has 0 aromatic heterocycles. The number of rotatable bonds is 4. The topological polar surface area (TPSA) is 49.8 Å². The molecular weight excluding hydrogens is 182 g/mol. The molecular formula is C10H19NO3. The fraction of sp³-hybridized carbons (Fsp3) is 0.900. The minimum atomic E-state index is 0.0377. The van der Waals surface area contributed by atoms with Crippen molar-refractivity contribution in [2.45, 2.75) is 19.3 Å².